The molecule has 1 aromatic carbocycles. The van der Waals surface area contributed by atoms with E-state index < -0.39 is 5.97 Å². The number of hydrogen-bond acceptors (Lipinski definition) is 4. The number of hydrogen-bond donors (Lipinski definition) is 3. The van der Waals surface area contributed by atoms with E-state index >= 15 is 0 Å². The molecule has 5 nitrogen and oxygen atoms in total. The Morgan fingerprint density at radius 1 is 1.21 bits per heavy atom. The quantitative estimate of drug-likeness (QED) is 0.735. The first-order chi connectivity index (χ1) is 9.25. The van der Waals surface area contributed by atoms with Crippen molar-refractivity contribution in [2.75, 3.05) is 31.5 Å². The van der Waals surface area contributed by atoms with Gasteiger partial charge in [-0.2, -0.15) is 0 Å². The summed E-state index contributed by atoms with van der Waals surface area (Å²) in [6.07, 6.45) is 0.685. The standard InChI is InChI=1S/C14H17N3O2/c18-14(19)13-12(17-7-5-15-6-8-17)9-10-3-1-2-4-11(10)16-13/h1-4,15-16H,5-9H2,(H,18,19). The maximum absolute atomic E-state index is 11.5. The van der Waals surface area contributed by atoms with Gasteiger partial charge in [-0.3, -0.25) is 0 Å². The van der Waals surface area contributed by atoms with Gasteiger partial charge in [-0.1, -0.05) is 18.2 Å². The number of benzene rings is 1. The highest BCUT2D eigenvalue weighted by atomic mass is 16.4. The van der Waals surface area contributed by atoms with E-state index in [1.54, 1.807) is 0 Å². The summed E-state index contributed by atoms with van der Waals surface area (Å²) in [6, 6.07) is 7.87. The molecule has 0 radical (unpaired) electrons. The van der Waals surface area contributed by atoms with Gasteiger partial charge in [0.25, 0.3) is 0 Å². The third kappa shape index (κ3) is 2.29. The lowest BCUT2D eigenvalue weighted by molar-refractivity contribution is -0.132. The summed E-state index contributed by atoms with van der Waals surface area (Å²) in [7, 11) is 0. The second-order valence-electron chi connectivity index (χ2n) is 4.82. The number of nitrogens with one attached hydrogen (secondary N) is 2. The zero-order chi connectivity index (χ0) is 13.2. The fraction of sp³-hybridized carbons (Fsp3) is 0.357. The number of carbonyl (C=O) groups is 1. The van der Waals surface area contributed by atoms with Crippen molar-refractivity contribution in [2.24, 2.45) is 0 Å². The summed E-state index contributed by atoms with van der Waals surface area (Å²) in [5.74, 6) is -0.886. The van der Waals surface area contributed by atoms with Crippen molar-refractivity contribution in [3.8, 4) is 0 Å². The molecule has 0 aromatic heterocycles. The molecule has 0 amide bonds. The van der Waals surface area contributed by atoms with Crippen LogP contribution in [-0.4, -0.2) is 42.2 Å². The minimum Gasteiger partial charge on any atom is -0.477 e. The SMILES string of the molecule is O=C(O)C1=C(N2CCNCC2)Cc2ccccc2N1. The summed E-state index contributed by atoms with van der Waals surface area (Å²) in [5.41, 5.74) is 3.27. The highest BCUT2D eigenvalue weighted by molar-refractivity contribution is 5.92. The number of aliphatic carboxylic acids is 1. The summed E-state index contributed by atoms with van der Waals surface area (Å²) in [4.78, 5) is 13.6. The van der Waals surface area contributed by atoms with Crippen molar-refractivity contribution in [3.63, 3.8) is 0 Å². The van der Waals surface area contributed by atoms with Crippen molar-refractivity contribution in [1.82, 2.24) is 10.2 Å². The Bertz CT molecular complexity index is 533. The second kappa shape index (κ2) is 4.93. The van der Waals surface area contributed by atoms with Gasteiger partial charge >= 0.3 is 5.97 Å². The minimum absolute atomic E-state index is 0.320. The van der Waals surface area contributed by atoms with Gasteiger partial charge < -0.3 is 20.6 Å². The van der Waals surface area contributed by atoms with Gasteiger partial charge in [0.05, 0.1) is 0 Å². The Kier molecular flexibility index (Phi) is 3.13. The summed E-state index contributed by atoms with van der Waals surface area (Å²) in [5, 5.41) is 15.7. The Labute approximate surface area is 111 Å². The summed E-state index contributed by atoms with van der Waals surface area (Å²) >= 11 is 0. The normalized spacial score (nSPS) is 18.8. The first-order valence-electron chi connectivity index (χ1n) is 6.53. The zero-order valence-electron chi connectivity index (χ0n) is 10.6. The van der Waals surface area contributed by atoms with E-state index in [0.29, 0.717) is 12.1 Å². The highest BCUT2D eigenvalue weighted by Gasteiger charge is 2.26. The molecule has 1 saturated heterocycles. The van der Waals surface area contributed by atoms with Crippen LogP contribution in [0.4, 0.5) is 5.69 Å². The van der Waals surface area contributed by atoms with Crippen LogP contribution >= 0.6 is 0 Å². The van der Waals surface area contributed by atoms with Crippen LogP contribution in [0.5, 0.6) is 0 Å². The fourth-order valence-corrected chi connectivity index (χ4v) is 2.65. The predicted octanol–water partition coefficient (Wildman–Crippen LogP) is 0.856. The number of carboxylic acid groups (broad SMARTS) is 1. The van der Waals surface area contributed by atoms with Crippen LogP contribution in [0.15, 0.2) is 35.7 Å². The largest absolute Gasteiger partial charge is 0.477 e. The second-order valence-corrected chi connectivity index (χ2v) is 4.82. The first kappa shape index (κ1) is 12.0. The van der Waals surface area contributed by atoms with E-state index in [1.807, 2.05) is 24.3 Å². The molecule has 2 heterocycles. The molecule has 2 aliphatic heterocycles. The van der Waals surface area contributed by atoms with Crippen LogP contribution in [0.25, 0.3) is 0 Å². The molecular formula is C14H17N3O2. The van der Waals surface area contributed by atoms with Crippen molar-refractivity contribution in [1.29, 1.82) is 0 Å². The molecule has 3 N–H and O–H groups in total. The van der Waals surface area contributed by atoms with Gasteiger partial charge in [0.15, 0.2) is 0 Å². The van der Waals surface area contributed by atoms with E-state index in [2.05, 4.69) is 15.5 Å². The Balaban J connectivity index is 1.96. The number of nitrogens with zero attached hydrogens (tertiary/aromatic N) is 1. The van der Waals surface area contributed by atoms with Crippen molar-refractivity contribution < 1.29 is 9.90 Å². The molecule has 5 heteroatoms. The van der Waals surface area contributed by atoms with Gasteiger partial charge in [0.1, 0.15) is 5.70 Å². The van der Waals surface area contributed by atoms with Gasteiger partial charge in [0, 0.05) is 44.0 Å². The number of rotatable bonds is 2. The number of para-hydroxylation sites is 1. The molecule has 1 fully saturated rings. The lowest BCUT2D eigenvalue weighted by atomic mass is 10.0. The van der Waals surface area contributed by atoms with Crippen LogP contribution in [0.3, 0.4) is 0 Å². The fourth-order valence-electron chi connectivity index (χ4n) is 2.65. The monoisotopic (exact) mass is 259 g/mol. The van der Waals surface area contributed by atoms with Gasteiger partial charge in [-0.05, 0) is 11.6 Å². The van der Waals surface area contributed by atoms with Crippen LogP contribution in [0.1, 0.15) is 5.56 Å². The summed E-state index contributed by atoms with van der Waals surface area (Å²) < 4.78 is 0. The smallest absolute Gasteiger partial charge is 0.354 e. The zero-order valence-corrected chi connectivity index (χ0v) is 10.6. The maximum atomic E-state index is 11.5. The highest BCUT2D eigenvalue weighted by Crippen LogP contribution is 2.29. The molecule has 0 aliphatic carbocycles. The number of piperazine rings is 1. The average molecular weight is 259 g/mol. The van der Waals surface area contributed by atoms with Gasteiger partial charge in [0.2, 0.25) is 0 Å². The Hall–Kier alpha value is -2.01. The van der Waals surface area contributed by atoms with E-state index in [-0.39, 0.29) is 0 Å². The molecule has 0 unspecified atom stereocenters. The van der Waals surface area contributed by atoms with Crippen molar-refractivity contribution in [2.45, 2.75) is 6.42 Å². The Morgan fingerprint density at radius 3 is 2.68 bits per heavy atom. The minimum atomic E-state index is -0.886. The van der Waals surface area contributed by atoms with Gasteiger partial charge in [-0.25, -0.2) is 4.79 Å². The first-order valence-corrected chi connectivity index (χ1v) is 6.53. The number of allylic oxidation sites excluding steroid dienone is 1. The van der Waals surface area contributed by atoms with Crippen molar-refractivity contribution in [3.05, 3.63) is 41.2 Å². The molecule has 1 aromatic rings. The molecule has 19 heavy (non-hydrogen) atoms. The van der Waals surface area contributed by atoms with Crippen LogP contribution < -0.4 is 10.6 Å². The topological polar surface area (TPSA) is 64.6 Å². The lowest BCUT2D eigenvalue weighted by Gasteiger charge is -2.35. The van der Waals surface area contributed by atoms with Gasteiger partial charge in [-0.15, -0.1) is 0 Å². The van der Waals surface area contributed by atoms with E-state index in [0.717, 1.165) is 43.1 Å². The lowest BCUT2D eigenvalue weighted by Crippen LogP contribution is -2.45. The third-order valence-corrected chi connectivity index (χ3v) is 3.64. The van der Waals surface area contributed by atoms with Crippen molar-refractivity contribution >= 4 is 11.7 Å². The van der Waals surface area contributed by atoms with E-state index in [1.165, 1.54) is 0 Å². The summed E-state index contributed by atoms with van der Waals surface area (Å²) in [6.45, 7) is 3.52. The number of anilines is 1. The molecule has 3 rings (SSSR count). The molecule has 0 saturated carbocycles. The maximum Gasteiger partial charge on any atom is 0.354 e. The third-order valence-electron chi connectivity index (χ3n) is 3.64. The van der Waals surface area contributed by atoms with Crippen LogP contribution in [-0.2, 0) is 11.2 Å². The number of fused-ring (bicyclic) bond motifs is 1. The molecular weight excluding hydrogens is 242 g/mol. The molecule has 0 bridgehead atoms. The van der Waals surface area contributed by atoms with E-state index in [9.17, 15) is 9.90 Å². The molecule has 100 valence electrons. The molecule has 0 atom stereocenters. The van der Waals surface area contributed by atoms with E-state index in [4.69, 9.17) is 0 Å². The van der Waals surface area contributed by atoms with Crippen LogP contribution in [0.2, 0.25) is 0 Å². The molecule has 2 aliphatic rings. The molecule has 0 spiro atoms. The Morgan fingerprint density at radius 2 is 1.95 bits per heavy atom. The number of carboxylic acids is 1. The predicted molar refractivity (Wildman–Crippen MR) is 72.9 cm³/mol. The van der Waals surface area contributed by atoms with Crippen LogP contribution in [0, 0.1) is 0 Å². The average Bonchev–Trinajstić information content (AvgIpc) is 2.46.